The van der Waals surface area contributed by atoms with E-state index in [0.717, 1.165) is 64.9 Å². The molecule has 1 aromatic rings. The Morgan fingerprint density at radius 3 is 2.59 bits per heavy atom. The van der Waals surface area contributed by atoms with Gasteiger partial charge in [-0.25, -0.2) is 0 Å². The normalized spacial score (nSPS) is 28.1. The van der Waals surface area contributed by atoms with Gasteiger partial charge >= 0.3 is 0 Å². The molecule has 4 rings (SSSR count). The van der Waals surface area contributed by atoms with E-state index in [2.05, 4.69) is 46.4 Å². The van der Waals surface area contributed by atoms with Gasteiger partial charge in [-0.1, -0.05) is 24.3 Å². The zero-order valence-corrected chi connectivity index (χ0v) is 16.8. The van der Waals surface area contributed by atoms with E-state index >= 15 is 0 Å². The van der Waals surface area contributed by atoms with E-state index in [1.54, 1.807) is 0 Å². The quantitative estimate of drug-likeness (QED) is 0.656. The Labute approximate surface area is 163 Å². The molecule has 0 saturated carbocycles. The first-order valence-corrected chi connectivity index (χ1v) is 10.3. The van der Waals surface area contributed by atoms with Crippen LogP contribution in [0.1, 0.15) is 36.8 Å². The molecular formula is C22H33N3O2. The van der Waals surface area contributed by atoms with Crippen molar-refractivity contribution in [1.82, 2.24) is 10.2 Å². The number of hydrogen-bond donors (Lipinski definition) is 1. The predicted molar refractivity (Wildman–Crippen MR) is 108 cm³/mol. The van der Waals surface area contributed by atoms with Crippen LogP contribution in [0.2, 0.25) is 0 Å². The number of rotatable bonds is 3. The van der Waals surface area contributed by atoms with Crippen molar-refractivity contribution in [3.05, 3.63) is 35.4 Å². The summed E-state index contributed by atoms with van der Waals surface area (Å²) >= 11 is 0. The highest BCUT2D eigenvalue weighted by molar-refractivity contribution is 5.80. The lowest BCUT2D eigenvalue weighted by molar-refractivity contribution is 0.0510. The van der Waals surface area contributed by atoms with Crippen molar-refractivity contribution in [2.75, 3.05) is 53.1 Å². The van der Waals surface area contributed by atoms with Crippen LogP contribution in [0.4, 0.5) is 0 Å². The van der Waals surface area contributed by atoms with Gasteiger partial charge in [0, 0.05) is 57.3 Å². The standard InChI is InChI=1S/C22H33N3O2/c1-18-5-3-4-6-19(18)22(9-13-26-14-10-22)15-24-20(23-2)25-11-7-21(16-25)8-12-27-17-21/h3-6H,7-17H2,1-2H3,(H,23,24). The lowest BCUT2D eigenvalue weighted by atomic mass is 9.72. The van der Waals surface area contributed by atoms with Crippen LogP contribution >= 0.6 is 0 Å². The lowest BCUT2D eigenvalue weighted by Gasteiger charge is -2.40. The summed E-state index contributed by atoms with van der Waals surface area (Å²) in [6.45, 7) is 8.76. The van der Waals surface area contributed by atoms with Crippen LogP contribution in [0.25, 0.3) is 0 Å². The highest BCUT2D eigenvalue weighted by Crippen LogP contribution is 2.39. The molecule has 0 aliphatic carbocycles. The highest BCUT2D eigenvalue weighted by Gasteiger charge is 2.43. The predicted octanol–water partition coefficient (Wildman–Crippen LogP) is 2.73. The van der Waals surface area contributed by atoms with Gasteiger partial charge in [-0.15, -0.1) is 0 Å². The van der Waals surface area contributed by atoms with Crippen molar-refractivity contribution in [2.45, 2.75) is 38.0 Å². The molecule has 0 bridgehead atoms. The molecule has 1 spiro atoms. The fourth-order valence-corrected chi connectivity index (χ4v) is 5.14. The summed E-state index contributed by atoms with van der Waals surface area (Å²) in [6, 6.07) is 8.82. The van der Waals surface area contributed by atoms with E-state index in [1.807, 2.05) is 7.05 Å². The van der Waals surface area contributed by atoms with E-state index in [1.165, 1.54) is 24.0 Å². The lowest BCUT2D eigenvalue weighted by Crippen LogP contribution is -2.49. The van der Waals surface area contributed by atoms with Crippen molar-refractivity contribution in [1.29, 1.82) is 0 Å². The SMILES string of the molecule is CN=C(NCC1(c2ccccc2C)CCOCC1)N1CCC2(CCOC2)C1. The molecule has 3 saturated heterocycles. The molecule has 27 heavy (non-hydrogen) atoms. The van der Waals surface area contributed by atoms with Crippen molar-refractivity contribution in [2.24, 2.45) is 10.4 Å². The van der Waals surface area contributed by atoms with Crippen LogP contribution < -0.4 is 5.32 Å². The molecule has 3 aliphatic heterocycles. The van der Waals surface area contributed by atoms with Gasteiger partial charge in [0.25, 0.3) is 0 Å². The zero-order chi connectivity index (χ0) is 18.7. The van der Waals surface area contributed by atoms with Gasteiger partial charge in [0.1, 0.15) is 0 Å². The molecule has 148 valence electrons. The van der Waals surface area contributed by atoms with Crippen LogP contribution in [0.15, 0.2) is 29.3 Å². The maximum absolute atomic E-state index is 5.70. The second-order valence-corrected chi connectivity index (χ2v) is 8.58. The first-order chi connectivity index (χ1) is 13.2. The highest BCUT2D eigenvalue weighted by atomic mass is 16.5. The fraction of sp³-hybridized carbons (Fsp3) is 0.682. The van der Waals surface area contributed by atoms with Gasteiger partial charge in [-0.2, -0.15) is 0 Å². The van der Waals surface area contributed by atoms with E-state index in [0.29, 0.717) is 5.41 Å². The van der Waals surface area contributed by atoms with E-state index in [9.17, 15) is 0 Å². The van der Waals surface area contributed by atoms with Crippen LogP contribution in [-0.4, -0.2) is 64.0 Å². The number of aliphatic imine (C=N–C) groups is 1. The summed E-state index contributed by atoms with van der Waals surface area (Å²) < 4.78 is 11.4. The first kappa shape index (κ1) is 18.8. The van der Waals surface area contributed by atoms with Crippen LogP contribution in [0, 0.1) is 12.3 Å². The largest absolute Gasteiger partial charge is 0.381 e. The topological polar surface area (TPSA) is 46.1 Å². The number of ether oxygens (including phenoxy) is 2. The van der Waals surface area contributed by atoms with Gasteiger partial charge in [-0.05, 0) is 43.7 Å². The van der Waals surface area contributed by atoms with Gasteiger partial charge < -0.3 is 19.7 Å². The van der Waals surface area contributed by atoms with E-state index in [-0.39, 0.29) is 5.41 Å². The number of hydrogen-bond acceptors (Lipinski definition) is 3. The molecule has 3 aliphatic rings. The molecule has 0 aromatic heterocycles. The van der Waals surface area contributed by atoms with Gasteiger partial charge in [0.2, 0.25) is 0 Å². The minimum atomic E-state index is 0.118. The van der Waals surface area contributed by atoms with Gasteiger partial charge in [-0.3, -0.25) is 4.99 Å². The Morgan fingerprint density at radius 1 is 1.11 bits per heavy atom. The van der Waals surface area contributed by atoms with Gasteiger partial charge in [0.05, 0.1) is 6.61 Å². The number of nitrogens with zero attached hydrogens (tertiary/aromatic N) is 2. The second kappa shape index (κ2) is 7.80. The molecule has 3 heterocycles. The monoisotopic (exact) mass is 371 g/mol. The third-order valence-electron chi connectivity index (χ3n) is 6.89. The maximum atomic E-state index is 5.70. The minimum absolute atomic E-state index is 0.118. The summed E-state index contributed by atoms with van der Waals surface area (Å²) in [4.78, 5) is 7.05. The summed E-state index contributed by atoms with van der Waals surface area (Å²) in [5.74, 6) is 1.04. The van der Waals surface area contributed by atoms with Crippen molar-refractivity contribution in [3.8, 4) is 0 Å². The number of aryl methyl sites for hydroxylation is 1. The average molecular weight is 372 g/mol. The molecule has 5 nitrogen and oxygen atoms in total. The van der Waals surface area contributed by atoms with E-state index < -0.39 is 0 Å². The number of nitrogens with one attached hydrogen (secondary N) is 1. The third-order valence-corrected chi connectivity index (χ3v) is 6.89. The summed E-state index contributed by atoms with van der Waals surface area (Å²) in [5, 5.41) is 3.73. The summed E-state index contributed by atoms with van der Waals surface area (Å²) in [7, 11) is 1.91. The van der Waals surface area contributed by atoms with Crippen molar-refractivity contribution >= 4 is 5.96 Å². The molecule has 1 N–H and O–H groups in total. The Morgan fingerprint density at radius 2 is 1.89 bits per heavy atom. The zero-order valence-electron chi connectivity index (χ0n) is 16.8. The summed E-state index contributed by atoms with van der Waals surface area (Å²) in [5.41, 5.74) is 3.30. The molecule has 0 amide bonds. The van der Waals surface area contributed by atoms with Crippen molar-refractivity contribution in [3.63, 3.8) is 0 Å². The number of benzene rings is 1. The summed E-state index contributed by atoms with van der Waals surface area (Å²) in [6.07, 6.45) is 4.51. The Balaban J connectivity index is 1.48. The average Bonchev–Trinajstić information content (AvgIpc) is 3.33. The number of guanidine groups is 1. The maximum Gasteiger partial charge on any atom is 0.193 e. The third kappa shape index (κ3) is 3.72. The van der Waals surface area contributed by atoms with Crippen LogP contribution in [-0.2, 0) is 14.9 Å². The fourth-order valence-electron chi connectivity index (χ4n) is 5.14. The Hall–Kier alpha value is -1.59. The molecular weight excluding hydrogens is 338 g/mol. The second-order valence-electron chi connectivity index (χ2n) is 8.58. The minimum Gasteiger partial charge on any atom is -0.381 e. The number of likely N-dealkylation sites (tertiary alicyclic amines) is 1. The van der Waals surface area contributed by atoms with Gasteiger partial charge in [0.15, 0.2) is 5.96 Å². The Bertz CT molecular complexity index is 676. The smallest absolute Gasteiger partial charge is 0.193 e. The van der Waals surface area contributed by atoms with Crippen molar-refractivity contribution < 1.29 is 9.47 Å². The van der Waals surface area contributed by atoms with E-state index in [4.69, 9.17) is 9.47 Å². The molecule has 1 unspecified atom stereocenters. The van der Waals surface area contributed by atoms with Crippen LogP contribution in [0.3, 0.4) is 0 Å². The molecule has 1 atom stereocenters. The van der Waals surface area contributed by atoms with Crippen LogP contribution in [0.5, 0.6) is 0 Å². The molecule has 3 fully saturated rings. The first-order valence-electron chi connectivity index (χ1n) is 10.3. The molecule has 0 radical (unpaired) electrons. The molecule has 5 heteroatoms. The Kier molecular flexibility index (Phi) is 5.42. The molecule has 1 aromatic carbocycles.